The molecule has 0 saturated carbocycles. The lowest BCUT2D eigenvalue weighted by Crippen LogP contribution is -2.25. The van der Waals surface area contributed by atoms with Crippen molar-refractivity contribution >= 4 is 11.6 Å². The van der Waals surface area contributed by atoms with E-state index in [0.29, 0.717) is 18.4 Å². The Balaban J connectivity index is 2.03. The quantitative estimate of drug-likeness (QED) is 0.909. The van der Waals surface area contributed by atoms with Gasteiger partial charge in [0.05, 0.1) is 11.3 Å². The summed E-state index contributed by atoms with van der Waals surface area (Å²) in [6, 6.07) is 8.42. The highest BCUT2D eigenvalue weighted by Gasteiger charge is 2.12. The van der Waals surface area contributed by atoms with Gasteiger partial charge in [-0.25, -0.2) is 4.39 Å². The van der Waals surface area contributed by atoms with E-state index >= 15 is 0 Å². The number of rotatable bonds is 4. The fourth-order valence-corrected chi connectivity index (χ4v) is 1.94. The molecule has 90 valence electrons. The minimum atomic E-state index is -0.385. The molecule has 0 aliphatic carbocycles. The molecule has 0 aliphatic rings. The Morgan fingerprint density at radius 1 is 1.24 bits per heavy atom. The number of benzene rings is 1. The first kappa shape index (κ1) is 12.1. The zero-order valence-corrected chi connectivity index (χ0v) is 9.95. The minimum Gasteiger partial charge on any atom is -0.469 e. The molecule has 1 atom stereocenters. The lowest BCUT2D eigenvalue weighted by molar-refractivity contribution is 0.479. The molecule has 1 aromatic heterocycles. The van der Waals surface area contributed by atoms with Crippen molar-refractivity contribution in [2.75, 3.05) is 0 Å². The SMILES string of the molecule is NC(Cc1ccco1)Cc1cccc(Cl)c1F. The summed E-state index contributed by atoms with van der Waals surface area (Å²) in [5, 5.41) is 0.132. The van der Waals surface area contributed by atoms with E-state index in [1.54, 1.807) is 18.4 Å². The van der Waals surface area contributed by atoms with Crippen LogP contribution in [-0.2, 0) is 12.8 Å². The average Bonchev–Trinajstić information content (AvgIpc) is 2.77. The molecule has 0 saturated heterocycles. The van der Waals surface area contributed by atoms with Gasteiger partial charge >= 0.3 is 0 Å². The number of furan rings is 1. The van der Waals surface area contributed by atoms with Gasteiger partial charge in [0, 0.05) is 12.5 Å². The second-order valence-electron chi connectivity index (χ2n) is 3.96. The zero-order valence-electron chi connectivity index (χ0n) is 9.20. The van der Waals surface area contributed by atoms with Crippen LogP contribution in [-0.4, -0.2) is 6.04 Å². The van der Waals surface area contributed by atoms with Crippen molar-refractivity contribution in [3.05, 3.63) is 58.8 Å². The third-order valence-electron chi connectivity index (χ3n) is 2.56. The largest absolute Gasteiger partial charge is 0.469 e. The van der Waals surface area contributed by atoms with Crippen LogP contribution in [0, 0.1) is 5.82 Å². The lowest BCUT2D eigenvalue weighted by Gasteiger charge is -2.11. The molecule has 2 aromatic rings. The summed E-state index contributed by atoms with van der Waals surface area (Å²) in [6.07, 6.45) is 2.62. The predicted molar refractivity (Wildman–Crippen MR) is 65.5 cm³/mol. The Morgan fingerprint density at radius 2 is 2.06 bits per heavy atom. The molecule has 0 spiro atoms. The Morgan fingerprint density at radius 3 is 2.76 bits per heavy atom. The van der Waals surface area contributed by atoms with E-state index in [9.17, 15) is 4.39 Å². The molecule has 0 aliphatic heterocycles. The molecule has 1 unspecified atom stereocenters. The van der Waals surface area contributed by atoms with Crippen molar-refractivity contribution in [3.63, 3.8) is 0 Å². The van der Waals surface area contributed by atoms with Gasteiger partial charge in [0.15, 0.2) is 0 Å². The Labute approximate surface area is 104 Å². The zero-order chi connectivity index (χ0) is 12.3. The number of hydrogen-bond donors (Lipinski definition) is 1. The van der Waals surface area contributed by atoms with Gasteiger partial charge in [0.25, 0.3) is 0 Å². The first-order chi connectivity index (χ1) is 8.16. The van der Waals surface area contributed by atoms with Crippen LogP contribution in [0.15, 0.2) is 41.0 Å². The van der Waals surface area contributed by atoms with E-state index in [0.717, 1.165) is 5.76 Å². The van der Waals surface area contributed by atoms with Crippen LogP contribution < -0.4 is 5.73 Å². The van der Waals surface area contributed by atoms with Crippen LogP contribution in [0.25, 0.3) is 0 Å². The normalized spacial score (nSPS) is 12.6. The molecule has 0 amide bonds. The van der Waals surface area contributed by atoms with Gasteiger partial charge in [-0.1, -0.05) is 23.7 Å². The predicted octanol–water partition coefficient (Wildman–Crippen LogP) is 3.18. The van der Waals surface area contributed by atoms with Crippen molar-refractivity contribution in [1.29, 1.82) is 0 Å². The standard InChI is InChI=1S/C13H13ClFNO/c14-12-5-1-3-9(13(12)15)7-10(16)8-11-4-2-6-17-11/h1-6,10H,7-8,16H2. The highest BCUT2D eigenvalue weighted by molar-refractivity contribution is 6.30. The van der Waals surface area contributed by atoms with Gasteiger partial charge in [-0.3, -0.25) is 0 Å². The van der Waals surface area contributed by atoms with Crippen LogP contribution in [0.5, 0.6) is 0 Å². The Bertz CT molecular complexity index is 484. The molecular weight excluding hydrogens is 241 g/mol. The molecule has 0 radical (unpaired) electrons. The fraction of sp³-hybridized carbons (Fsp3) is 0.231. The highest BCUT2D eigenvalue weighted by Crippen LogP contribution is 2.19. The second kappa shape index (κ2) is 5.34. The Kier molecular flexibility index (Phi) is 3.82. The summed E-state index contributed by atoms with van der Waals surface area (Å²) in [4.78, 5) is 0. The molecule has 2 N–H and O–H groups in total. The third kappa shape index (κ3) is 3.08. The first-order valence-corrected chi connectivity index (χ1v) is 5.75. The van der Waals surface area contributed by atoms with E-state index in [4.69, 9.17) is 21.8 Å². The van der Waals surface area contributed by atoms with Crippen molar-refractivity contribution < 1.29 is 8.81 Å². The van der Waals surface area contributed by atoms with Crippen LogP contribution >= 0.6 is 11.6 Å². The number of hydrogen-bond acceptors (Lipinski definition) is 2. The summed E-state index contributed by atoms with van der Waals surface area (Å²) in [7, 11) is 0. The van der Waals surface area contributed by atoms with E-state index in [2.05, 4.69) is 0 Å². The van der Waals surface area contributed by atoms with Gasteiger partial charge < -0.3 is 10.2 Å². The smallest absolute Gasteiger partial charge is 0.145 e. The second-order valence-corrected chi connectivity index (χ2v) is 4.37. The van der Waals surface area contributed by atoms with Gasteiger partial charge in [-0.15, -0.1) is 0 Å². The average molecular weight is 254 g/mol. The molecule has 1 heterocycles. The minimum absolute atomic E-state index is 0.132. The van der Waals surface area contributed by atoms with Crippen LogP contribution in [0.2, 0.25) is 5.02 Å². The summed E-state index contributed by atoms with van der Waals surface area (Å²) in [5.41, 5.74) is 6.48. The van der Waals surface area contributed by atoms with Crippen LogP contribution in [0.1, 0.15) is 11.3 Å². The molecule has 0 fully saturated rings. The van der Waals surface area contributed by atoms with Gasteiger partial charge in [-0.2, -0.15) is 0 Å². The number of halogens is 2. The van der Waals surface area contributed by atoms with Crippen LogP contribution in [0.3, 0.4) is 0 Å². The maximum absolute atomic E-state index is 13.6. The van der Waals surface area contributed by atoms with Crippen molar-refractivity contribution in [3.8, 4) is 0 Å². The van der Waals surface area contributed by atoms with E-state index < -0.39 is 0 Å². The molecule has 2 rings (SSSR count). The molecule has 1 aromatic carbocycles. The van der Waals surface area contributed by atoms with Crippen molar-refractivity contribution in [1.82, 2.24) is 0 Å². The van der Waals surface area contributed by atoms with E-state index in [1.165, 1.54) is 6.07 Å². The maximum atomic E-state index is 13.6. The summed E-state index contributed by atoms with van der Waals surface area (Å²) in [6.45, 7) is 0. The molecule has 0 bridgehead atoms. The summed E-state index contributed by atoms with van der Waals surface area (Å²) >= 11 is 5.71. The molecule has 4 heteroatoms. The van der Waals surface area contributed by atoms with Crippen molar-refractivity contribution in [2.24, 2.45) is 5.73 Å². The highest BCUT2D eigenvalue weighted by atomic mass is 35.5. The molecule has 17 heavy (non-hydrogen) atoms. The topological polar surface area (TPSA) is 39.2 Å². The van der Waals surface area contributed by atoms with E-state index in [-0.39, 0.29) is 16.9 Å². The van der Waals surface area contributed by atoms with Gasteiger partial charge in [0.1, 0.15) is 11.6 Å². The molecule has 2 nitrogen and oxygen atoms in total. The molecular formula is C13H13ClFNO. The lowest BCUT2D eigenvalue weighted by atomic mass is 10.0. The third-order valence-corrected chi connectivity index (χ3v) is 2.85. The monoisotopic (exact) mass is 253 g/mol. The summed E-state index contributed by atoms with van der Waals surface area (Å²) < 4.78 is 18.8. The van der Waals surface area contributed by atoms with Crippen LogP contribution in [0.4, 0.5) is 4.39 Å². The van der Waals surface area contributed by atoms with E-state index in [1.807, 2.05) is 12.1 Å². The van der Waals surface area contributed by atoms with Gasteiger partial charge in [-0.05, 0) is 30.2 Å². The Hall–Kier alpha value is -1.32. The van der Waals surface area contributed by atoms with Crippen molar-refractivity contribution in [2.45, 2.75) is 18.9 Å². The van der Waals surface area contributed by atoms with Gasteiger partial charge in [0.2, 0.25) is 0 Å². The maximum Gasteiger partial charge on any atom is 0.145 e. The number of nitrogens with two attached hydrogens (primary N) is 1. The fourth-order valence-electron chi connectivity index (χ4n) is 1.75. The summed E-state index contributed by atoms with van der Waals surface area (Å²) in [5.74, 6) is 0.420. The first-order valence-electron chi connectivity index (χ1n) is 5.37.